The maximum Gasteiger partial charge on any atom is 0.252 e. The molecule has 23 heavy (non-hydrogen) atoms. The van der Waals surface area contributed by atoms with Crippen molar-refractivity contribution in [1.29, 1.82) is 0 Å². The minimum Gasteiger partial charge on any atom is -0.337 e. The average molecular weight is 369 g/mol. The molecule has 1 saturated heterocycles. The van der Waals surface area contributed by atoms with Crippen LogP contribution < -0.4 is 0 Å². The van der Waals surface area contributed by atoms with Gasteiger partial charge in [-0.15, -0.1) is 11.3 Å². The highest BCUT2D eigenvalue weighted by molar-refractivity contribution is 7.91. The van der Waals surface area contributed by atoms with Crippen molar-refractivity contribution in [3.8, 4) is 0 Å². The fraction of sp³-hybridized carbons (Fsp3) is 0.267. The molecule has 0 saturated carbocycles. The summed E-state index contributed by atoms with van der Waals surface area (Å²) in [6, 6.07) is 5.29. The minimum absolute atomic E-state index is 0.0793. The number of piperazine rings is 1. The lowest BCUT2D eigenvalue weighted by molar-refractivity contribution is -0.127. The van der Waals surface area contributed by atoms with Crippen molar-refractivity contribution in [2.75, 3.05) is 26.2 Å². The number of carbonyl (C=O) groups is 1. The quantitative estimate of drug-likeness (QED) is 0.779. The largest absolute Gasteiger partial charge is 0.337 e. The lowest BCUT2D eigenvalue weighted by Crippen LogP contribution is -2.50. The predicted molar refractivity (Wildman–Crippen MR) is 93.0 cm³/mol. The van der Waals surface area contributed by atoms with Crippen LogP contribution in [-0.4, -0.2) is 49.7 Å². The molecule has 0 radical (unpaired) electrons. The van der Waals surface area contributed by atoms with Crippen LogP contribution in [0.25, 0.3) is 6.08 Å². The minimum atomic E-state index is -3.42. The second-order valence-corrected chi connectivity index (χ2v) is 8.94. The standard InChI is InChI=1S/C15H16N2O3S3/c18-14(4-3-13-5-11-21-12-13)16-6-8-17(9-7-16)23(19,20)15-2-1-10-22-15/h1-5,10-12H,6-9H2/b4-3+. The molecule has 0 aromatic carbocycles. The molecule has 8 heteroatoms. The zero-order valence-corrected chi connectivity index (χ0v) is 14.7. The molecule has 1 amide bonds. The highest BCUT2D eigenvalue weighted by Crippen LogP contribution is 2.22. The summed E-state index contributed by atoms with van der Waals surface area (Å²) in [7, 11) is -3.42. The van der Waals surface area contributed by atoms with E-state index in [0.717, 1.165) is 5.56 Å². The molecule has 0 N–H and O–H groups in total. The Labute approximate surface area is 143 Å². The third-order valence-electron chi connectivity index (χ3n) is 3.60. The van der Waals surface area contributed by atoms with Crippen LogP contribution in [0.4, 0.5) is 0 Å². The Kier molecular flexibility index (Phi) is 4.96. The Morgan fingerprint density at radius 1 is 1.13 bits per heavy atom. The fourth-order valence-corrected chi connectivity index (χ4v) is 5.52. The molecular weight excluding hydrogens is 352 g/mol. The van der Waals surface area contributed by atoms with Crippen molar-refractivity contribution in [3.63, 3.8) is 0 Å². The van der Waals surface area contributed by atoms with Crippen molar-refractivity contribution in [2.45, 2.75) is 4.21 Å². The number of amides is 1. The second-order valence-electron chi connectivity index (χ2n) is 5.05. The highest BCUT2D eigenvalue weighted by Gasteiger charge is 2.30. The van der Waals surface area contributed by atoms with Gasteiger partial charge >= 0.3 is 0 Å². The van der Waals surface area contributed by atoms with Crippen LogP contribution in [0.5, 0.6) is 0 Å². The summed E-state index contributed by atoms with van der Waals surface area (Å²) < 4.78 is 26.7. The SMILES string of the molecule is O=C(/C=C/c1ccsc1)N1CCN(S(=O)(=O)c2cccs2)CC1. The Hall–Kier alpha value is -1.48. The molecule has 3 rings (SSSR count). The summed E-state index contributed by atoms with van der Waals surface area (Å²) in [5.41, 5.74) is 1.00. The van der Waals surface area contributed by atoms with E-state index in [9.17, 15) is 13.2 Å². The van der Waals surface area contributed by atoms with Crippen molar-refractivity contribution in [2.24, 2.45) is 0 Å². The Balaban J connectivity index is 1.59. The van der Waals surface area contributed by atoms with Crippen LogP contribution in [0.2, 0.25) is 0 Å². The molecule has 0 unspecified atom stereocenters. The van der Waals surface area contributed by atoms with E-state index in [1.165, 1.54) is 15.6 Å². The van der Waals surface area contributed by atoms with Gasteiger partial charge < -0.3 is 4.90 Å². The molecule has 122 valence electrons. The molecule has 0 atom stereocenters. The maximum absolute atomic E-state index is 12.4. The van der Waals surface area contributed by atoms with E-state index in [1.54, 1.807) is 45.9 Å². The van der Waals surface area contributed by atoms with Gasteiger partial charge in [-0.05, 0) is 39.9 Å². The molecule has 5 nitrogen and oxygen atoms in total. The van der Waals surface area contributed by atoms with E-state index in [4.69, 9.17) is 0 Å². The molecular formula is C15H16N2O3S3. The first kappa shape index (κ1) is 16.4. The molecule has 1 aliphatic rings. The van der Waals surface area contributed by atoms with Gasteiger partial charge in [-0.25, -0.2) is 8.42 Å². The topological polar surface area (TPSA) is 57.7 Å². The smallest absolute Gasteiger partial charge is 0.252 e. The average Bonchev–Trinajstić information content (AvgIpc) is 3.26. The summed E-state index contributed by atoms with van der Waals surface area (Å²) in [5, 5.41) is 5.68. The van der Waals surface area contributed by atoms with Gasteiger partial charge in [0.1, 0.15) is 4.21 Å². The van der Waals surface area contributed by atoms with Gasteiger partial charge in [0.2, 0.25) is 5.91 Å². The van der Waals surface area contributed by atoms with Crippen molar-refractivity contribution in [3.05, 3.63) is 46.0 Å². The van der Waals surface area contributed by atoms with Crippen LogP contribution in [0, 0.1) is 0 Å². The first-order chi connectivity index (χ1) is 11.1. The molecule has 2 aromatic rings. The van der Waals surface area contributed by atoms with Gasteiger partial charge in [-0.3, -0.25) is 4.79 Å². The van der Waals surface area contributed by atoms with E-state index < -0.39 is 10.0 Å². The summed E-state index contributed by atoms with van der Waals surface area (Å²) >= 11 is 2.80. The van der Waals surface area contributed by atoms with Gasteiger partial charge in [0.25, 0.3) is 10.0 Å². The Bertz CT molecular complexity index is 772. The first-order valence-corrected chi connectivity index (χ1v) is 10.4. The van der Waals surface area contributed by atoms with Crippen LogP contribution in [0.15, 0.2) is 44.6 Å². The van der Waals surface area contributed by atoms with Crippen molar-refractivity contribution >= 4 is 44.7 Å². The molecule has 1 fully saturated rings. The zero-order chi connectivity index (χ0) is 16.3. The number of hydrogen-bond acceptors (Lipinski definition) is 5. The second kappa shape index (κ2) is 6.96. The monoisotopic (exact) mass is 368 g/mol. The molecule has 1 aliphatic heterocycles. The van der Waals surface area contributed by atoms with Crippen molar-refractivity contribution in [1.82, 2.24) is 9.21 Å². The Morgan fingerprint density at radius 2 is 1.91 bits per heavy atom. The third-order valence-corrected chi connectivity index (χ3v) is 7.57. The molecule has 2 aromatic heterocycles. The van der Waals surface area contributed by atoms with E-state index in [-0.39, 0.29) is 5.91 Å². The van der Waals surface area contributed by atoms with Gasteiger partial charge in [-0.1, -0.05) is 6.07 Å². The van der Waals surface area contributed by atoms with E-state index >= 15 is 0 Å². The Morgan fingerprint density at radius 3 is 2.52 bits per heavy atom. The lowest BCUT2D eigenvalue weighted by Gasteiger charge is -2.33. The number of nitrogens with zero attached hydrogens (tertiary/aromatic N) is 2. The van der Waals surface area contributed by atoms with E-state index in [2.05, 4.69) is 0 Å². The number of thiophene rings is 2. The summed E-state index contributed by atoms with van der Waals surface area (Å²) in [4.78, 5) is 13.8. The van der Waals surface area contributed by atoms with Crippen LogP contribution in [0.3, 0.4) is 0 Å². The van der Waals surface area contributed by atoms with Crippen molar-refractivity contribution < 1.29 is 13.2 Å². The zero-order valence-electron chi connectivity index (χ0n) is 12.3. The van der Waals surface area contributed by atoms with Gasteiger partial charge in [0, 0.05) is 32.3 Å². The number of sulfonamides is 1. The van der Waals surface area contributed by atoms with Gasteiger partial charge in [0.05, 0.1) is 0 Å². The van der Waals surface area contributed by atoms with Crippen LogP contribution in [-0.2, 0) is 14.8 Å². The predicted octanol–water partition coefficient (Wildman–Crippen LogP) is 2.36. The number of rotatable bonds is 4. The summed E-state index contributed by atoms with van der Waals surface area (Å²) in [5.74, 6) is -0.0793. The normalized spacial score (nSPS) is 17.0. The van der Waals surface area contributed by atoms with Gasteiger partial charge in [-0.2, -0.15) is 15.6 Å². The summed E-state index contributed by atoms with van der Waals surface area (Å²) in [6.07, 6.45) is 3.33. The van der Waals surface area contributed by atoms with E-state index in [1.807, 2.05) is 16.8 Å². The molecule has 0 spiro atoms. The molecule has 0 bridgehead atoms. The third kappa shape index (κ3) is 3.72. The van der Waals surface area contributed by atoms with E-state index in [0.29, 0.717) is 30.4 Å². The van der Waals surface area contributed by atoms with Gasteiger partial charge in [0.15, 0.2) is 0 Å². The number of carbonyl (C=O) groups excluding carboxylic acids is 1. The molecule has 0 aliphatic carbocycles. The first-order valence-electron chi connectivity index (χ1n) is 7.10. The maximum atomic E-state index is 12.4. The lowest BCUT2D eigenvalue weighted by atomic mass is 10.3. The van der Waals surface area contributed by atoms with Crippen LogP contribution >= 0.6 is 22.7 Å². The fourth-order valence-electron chi connectivity index (χ4n) is 2.33. The van der Waals surface area contributed by atoms with Crippen LogP contribution in [0.1, 0.15) is 5.56 Å². The summed E-state index contributed by atoms with van der Waals surface area (Å²) in [6.45, 7) is 1.49. The highest BCUT2D eigenvalue weighted by atomic mass is 32.2. The number of hydrogen-bond donors (Lipinski definition) is 0. The molecule has 3 heterocycles.